The predicted molar refractivity (Wildman–Crippen MR) is 166 cm³/mol. The SMILES string of the molecule is CN(C(=O)COc1cccc(N(CC(=O)N(C)c2ccccc2)C(=O)CNC(=O)OC(C)(C)C)c1)c1cccc(Br)c1. The van der Waals surface area contributed by atoms with Crippen LogP contribution in [0.2, 0.25) is 0 Å². The molecule has 0 aliphatic rings. The topological polar surface area (TPSA) is 108 Å². The average Bonchev–Trinajstić information content (AvgIpc) is 2.96. The average molecular weight is 640 g/mol. The molecule has 0 aromatic heterocycles. The predicted octanol–water partition coefficient (Wildman–Crippen LogP) is 5.01. The molecule has 0 bridgehead atoms. The van der Waals surface area contributed by atoms with Gasteiger partial charge in [-0.2, -0.15) is 0 Å². The van der Waals surface area contributed by atoms with Crippen LogP contribution in [-0.2, 0) is 19.1 Å². The third-order valence-corrected chi connectivity index (χ3v) is 6.45. The first kappa shape index (κ1) is 32.1. The van der Waals surface area contributed by atoms with Gasteiger partial charge in [0.1, 0.15) is 24.4 Å². The van der Waals surface area contributed by atoms with Crippen LogP contribution in [0.15, 0.2) is 83.3 Å². The molecule has 0 aliphatic heterocycles. The normalized spacial score (nSPS) is 10.8. The summed E-state index contributed by atoms with van der Waals surface area (Å²) >= 11 is 3.40. The van der Waals surface area contributed by atoms with Gasteiger partial charge in [0.05, 0.1) is 0 Å². The lowest BCUT2D eigenvalue weighted by molar-refractivity contribution is -0.122. The van der Waals surface area contributed by atoms with Crippen molar-refractivity contribution in [2.24, 2.45) is 0 Å². The van der Waals surface area contributed by atoms with Gasteiger partial charge in [0, 0.05) is 41.7 Å². The van der Waals surface area contributed by atoms with E-state index >= 15 is 0 Å². The number of ether oxygens (including phenoxy) is 2. The Hall–Kier alpha value is -4.38. The molecule has 11 heteroatoms. The van der Waals surface area contributed by atoms with Crippen LogP contribution in [0.4, 0.5) is 21.9 Å². The summed E-state index contributed by atoms with van der Waals surface area (Å²) in [5.41, 5.74) is 0.968. The number of halogens is 1. The maximum atomic E-state index is 13.3. The second-order valence-corrected chi connectivity index (χ2v) is 11.3. The molecule has 0 saturated carbocycles. The Kier molecular flexibility index (Phi) is 11.1. The van der Waals surface area contributed by atoms with Crippen molar-refractivity contribution in [2.75, 3.05) is 48.5 Å². The molecule has 0 unspecified atom stereocenters. The molecule has 3 rings (SSSR count). The zero-order valence-corrected chi connectivity index (χ0v) is 25.9. The number of para-hydroxylation sites is 1. The minimum atomic E-state index is -0.756. The first-order chi connectivity index (χ1) is 19.8. The van der Waals surface area contributed by atoms with E-state index in [-0.39, 0.29) is 25.0 Å². The fourth-order valence-electron chi connectivity index (χ4n) is 3.73. The van der Waals surface area contributed by atoms with Crippen molar-refractivity contribution < 1.29 is 28.7 Å². The largest absolute Gasteiger partial charge is 0.484 e. The summed E-state index contributed by atoms with van der Waals surface area (Å²) in [6.07, 6.45) is -0.756. The van der Waals surface area contributed by atoms with Crippen molar-refractivity contribution in [2.45, 2.75) is 26.4 Å². The molecule has 0 aliphatic carbocycles. The van der Waals surface area contributed by atoms with Crippen molar-refractivity contribution in [3.8, 4) is 5.75 Å². The van der Waals surface area contributed by atoms with Gasteiger partial charge in [0.25, 0.3) is 5.91 Å². The van der Waals surface area contributed by atoms with Crippen LogP contribution >= 0.6 is 15.9 Å². The summed E-state index contributed by atoms with van der Waals surface area (Å²) in [5.74, 6) is -0.861. The molecule has 0 saturated heterocycles. The third kappa shape index (κ3) is 9.62. The second kappa shape index (κ2) is 14.5. The van der Waals surface area contributed by atoms with Crippen LogP contribution in [0.1, 0.15) is 20.8 Å². The van der Waals surface area contributed by atoms with Crippen LogP contribution in [0.5, 0.6) is 5.75 Å². The Bertz CT molecular complexity index is 1410. The van der Waals surface area contributed by atoms with E-state index in [0.717, 1.165) is 4.47 Å². The Balaban J connectivity index is 1.77. The number of nitrogens with one attached hydrogen (secondary N) is 1. The van der Waals surface area contributed by atoms with Gasteiger partial charge in [0.2, 0.25) is 11.8 Å². The highest BCUT2D eigenvalue weighted by atomic mass is 79.9. The van der Waals surface area contributed by atoms with E-state index in [9.17, 15) is 19.2 Å². The van der Waals surface area contributed by atoms with E-state index in [1.54, 1.807) is 71.3 Å². The highest BCUT2D eigenvalue weighted by molar-refractivity contribution is 9.10. The maximum absolute atomic E-state index is 13.3. The highest BCUT2D eigenvalue weighted by Crippen LogP contribution is 2.23. The van der Waals surface area contributed by atoms with Gasteiger partial charge in [-0.05, 0) is 63.2 Å². The number of hydrogen-bond acceptors (Lipinski definition) is 6. The number of likely N-dealkylation sites (N-methyl/N-ethyl adjacent to an activating group) is 2. The van der Waals surface area contributed by atoms with Crippen molar-refractivity contribution in [3.05, 3.63) is 83.3 Å². The third-order valence-electron chi connectivity index (χ3n) is 5.96. The molecule has 0 spiro atoms. The molecule has 222 valence electrons. The van der Waals surface area contributed by atoms with Crippen LogP contribution in [-0.4, -0.2) is 63.2 Å². The number of benzene rings is 3. The van der Waals surface area contributed by atoms with Crippen LogP contribution in [0, 0.1) is 0 Å². The van der Waals surface area contributed by atoms with E-state index in [1.807, 2.05) is 42.5 Å². The number of amides is 4. The first-order valence-electron chi connectivity index (χ1n) is 13.2. The molecule has 4 amide bonds. The monoisotopic (exact) mass is 638 g/mol. The molecule has 0 fully saturated rings. The number of alkyl carbamates (subject to hydrolysis) is 1. The van der Waals surface area contributed by atoms with Gasteiger partial charge in [0.15, 0.2) is 6.61 Å². The van der Waals surface area contributed by atoms with Gasteiger partial charge in [-0.1, -0.05) is 46.3 Å². The standard InChI is InChI=1S/C31H35BrN4O6/c1-31(2,3)42-30(40)33-19-27(37)36(20-28(38)34(4)23-12-7-6-8-13-23)25-15-10-16-26(18-25)41-21-29(39)35(5)24-14-9-11-22(32)17-24/h6-18H,19-21H2,1-5H3,(H,33,40). The maximum Gasteiger partial charge on any atom is 0.408 e. The van der Waals surface area contributed by atoms with Gasteiger partial charge >= 0.3 is 6.09 Å². The zero-order chi connectivity index (χ0) is 30.9. The van der Waals surface area contributed by atoms with Gasteiger partial charge in [-0.3, -0.25) is 14.4 Å². The Morgan fingerprint density at radius 1 is 0.762 bits per heavy atom. The zero-order valence-electron chi connectivity index (χ0n) is 24.3. The van der Waals surface area contributed by atoms with Gasteiger partial charge < -0.3 is 29.5 Å². The molecule has 1 N–H and O–H groups in total. The minimum Gasteiger partial charge on any atom is -0.484 e. The Labute approximate surface area is 254 Å². The van der Waals surface area contributed by atoms with Crippen molar-refractivity contribution in [1.82, 2.24) is 5.32 Å². The van der Waals surface area contributed by atoms with E-state index in [1.165, 1.54) is 14.7 Å². The quantitative estimate of drug-likeness (QED) is 0.334. The molecule has 10 nitrogen and oxygen atoms in total. The van der Waals surface area contributed by atoms with Crippen LogP contribution < -0.4 is 24.8 Å². The first-order valence-corrected chi connectivity index (χ1v) is 14.0. The summed E-state index contributed by atoms with van der Waals surface area (Å²) in [5, 5.41) is 2.45. The van der Waals surface area contributed by atoms with Gasteiger partial charge in [-0.25, -0.2) is 4.79 Å². The molecule has 0 atom stereocenters. The summed E-state index contributed by atoms with van der Waals surface area (Å²) in [6.45, 7) is 4.17. The lowest BCUT2D eigenvalue weighted by Crippen LogP contribution is -2.46. The summed E-state index contributed by atoms with van der Waals surface area (Å²) in [6, 6.07) is 22.8. The lowest BCUT2D eigenvalue weighted by Gasteiger charge is -2.26. The number of carbonyl (C=O) groups excluding carboxylic acids is 4. The summed E-state index contributed by atoms with van der Waals surface area (Å²) in [4.78, 5) is 55.7. The number of carbonyl (C=O) groups is 4. The fourth-order valence-corrected chi connectivity index (χ4v) is 4.12. The Morgan fingerprint density at radius 3 is 2.05 bits per heavy atom. The van der Waals surface area contributed by atoms with Crippen molar-refractivity contribution >= 4 is 56.8 Å². The minimum absolute atomic E-state index is 0.254. The van der Waals surface area contributed by atoms with Gasteiger partial charge in [-0.15, -0.1) is 0 Å². The van der Waals surface area contributed by atoms with Crippen molar-refractivity contribution in [3.63, 3.8) is 0 Å². The fraction of sp³-hybridized carbons (Fsp3) is 0.290. The molecular formula is C31H35BrN4O6. The smallest absolute Gasteiger partial charge is 0.408 e. The molecular weight excluding hydrogens is 604 g/mol. The molecule has 42 heavy (non-hydrogen) atoms. The van der Waals surface area contributed by atoms with E-state index in [0.29, 0.717) is 22.8 Å². The summed E-state index contributed by atoms with van der Waals surface area (Å²) < 4.78 is 11.8. The van der Waals surface area contributed by atoms with Crippen LogP contribution in [0.3, 0.4) is 0 Å². The van der Waals surface area contributed by atoms with E-state index in [4.69, 9.17) is 9.47 Å². The second-order valence-electron chi connectivity index (χ2n) is 10.3. The van der Waals surface area contributed by atoms with Crippen LogP contribution in [0.25, 0.3) is 0 Å². The van der Waals surface area contributed by atoms with E-state index in [2.05, 4.69) is 21.2 Å². The molecule has 0 heterocycles. The highest BCUT2D eigenvalue weighted by Gasteiger charge is 2.24. The lowest BCUT2D eigenvalue weighted by atomic mass is 10.2. The van der Waals surface area contributed by atoms with Crippen molar-refractivity contribution in [1.29, 1.82) is 0 Å². The number of rotatable bonds is 10. The number of nitrogens with zero attached hydrogens (tertiary/aromatic N) is 3. The molecule has 0 radical (unpaired) electrons. The number of hydrogen-bond donors (Lipinski definition) is 1. The molecule has 3 aromatic carbocycles. The number of anilines is 3. The summed E-state index contributed by atoms with van der Waals surface area (Å²) in [7, 11) is 3.27. The Morgan fingerprint density at radius 2 is 1.38 bits per heavy atom. The van der Waals surface area contributed by atoms with E-state index < -0.39 is 24.1 Å². The molecule has 3 aromatic rings.